The summed E-state index contributed by atoms with van der Waals surface area (Å²) in [6, 6.07) is 26.1. The number of ether oxygens (including phenoxy) is 3. The van der Waals surface area contributed by atoms with E-state index in [2.05, 4.69) is 58.7 Å². The third-order valence-corrected chi connectivity index (χ3v) is 7.42. The number of hydrogen-bond donors (Lipinski definition) is 2. The van der Waals surface area contributed by atoms with Gasteiger partial charge in [-0.15, -0.1) is 0 Å². The molecule has 1 amide bonds. The van der Waals surface area contributed by atoms with Gasteiger partial charge < -0.3 is 29.5 Å². The van der Waals surface area contributed by atoms with Gasteiger partial charge in [-0.2, -0.15) is 0 Å². The molecular weight excluding hydrogens is 544 g/mol. The number of hydrogen-bond acceptors (Lipinski definition) is 6. The summed E-state index contributed by atoms with van der Waals surface area (Å²) in [5.74, 6) is 0.379. The van der Waals surface area contributed by atoms with Crippen molar-refractivity contribution in [1.29, 1.82) is 0 Å². The highest BCUT2D eigenvalue weighted by atomic mass is 16.7. The van der Waals surface area contributed by atoms with Crippen LogP contribution in [-0.4, -0.2) is 61.5 Å². The molecule has 226 valence electrons. The van der Waals surface area contributed by atoms with Crippen molar-refractivity contribution in [3.05, 3.63) is 119 Å². The van der Waals surface area contributed by atoms with Crippen molar-refractivity contribution in [3.63, 3.8) is 0 Å². The van der Waals surface area contributed by atoms with E-state index in [0.29, 0.717) is 17.9 Å². The number of likely N-dealkylation sites (tertiary alicyclic amines) is 1. The second-order valence-electron chi connectivity index (χ2n) is 10.4. The van der Waals surface area contributed by atoms with Gasteiger partial charge in [0, 0.05) is 37.8 Å². The van der Waals surface area contributed by atoms with Gasteiger partial charge in [-0.3, -0.25) is 4.79 Å². The third kappa shape index (κ3) is 9.84. The Kier molecular flexibility index (Phi) is 11.9. The molecule has 1 unspecified atom stereocenters. The number of nitrogens with one attached hydrogen (secondary N) is 1. The third-order valence-electron chi connectivity index (χ3n) is 7.42. The molecule has 1 aliphatic heterocycles. The molecule has 4 rings (SSSR count). The van der Waals surface area contributed by atoms with Crippen LogP contribution in [0.1, 0.15) is 54.2 Å². The summed E-state index contributed by atoms with van der Waals surface area (Å²) in [6.07, 6.45) is 6.81. The Labute approximate surface area is 253 Å². The van der Waals surface area contributed by atoms with Crippen LogP contribution in [0.15, 0.2) is 97.1 Å². The molecule has 0 saturated carbocycles. The van der Waals surface area contributed by atoms with Gasteiger partial charge in [-0.05, 0) is 42.5 Å². The van der Waals surface area contributed by atoms with E-state index in [1.54, 1.807) is 31.2 Å². The Hall–Kier alpha value is -4.40. The quantitative estimate of drug-likeness (QED) is 0.136. The van der Waals surface area contributed by atoms with Gasteiger partial charge in [0.05, 0.1) is 13.2 Å². The highest BCUT2D eigenvalue weighted by Crippen LogP contribution is 2.30. The predicted octanol–water partition coefficient (Wildman–Crippen LogP) is 6.41. The lowest BCUT2D eigenvalue weighted by molar-refractivity contribution is -0.116. The van der Waals surface area contributed by atoms with Crippen molar-refractivity contribution >= 4 is 18.1 Å². The van der Waals surface area contributed by atoms with Crippen molar-refractivity contribution in [2.24, 2.45) is 0 Å². The predicted molar refractivity (Wildman–Crippen MR) is 167 cm³/mol. The van der Waals surface area contributed by atoms with Gasteiger partial charge in [0.25, 0.3) is 0 Å². The molecule has 8 nitrogen and oxygen atoms in total. The Balaban J connectivity index is 1.18. The van der Waals surface area contributed by atoms with Crippen LogP contribution in [-0.2, 0) is 14.3 Å². The number of nitrogens with zero attached hydrogens (tertiary/aromatic N) is 1. The Bertz CT molecular complexity index is 1330. The van der Waals surface area contributed by atoms with E-state index >= 15 is 0 Å². The Morgan fingerprint density at radius 3 is 2.23 bits per heavy atom. The average molecular weight is 585 g/mol. The number of rotatable bonds is 13. The molecule has 1 atom stereocenters. The van der Waals surface area contributed by atoms with E-state index in [1.165, 1.54) is 13.2 Å². The van der Waals surface area contributed by atoms with Crippen LogP contribution in [0, 0.1) is 0 Å². The van der Waals surface area contributed by atoms with Crippen molar-refractivity contribution in [2.45, 2.75) is 38.1 Å². The summed E-state index contributed by atoms with van der Waals surface area (Å²) in [5.41, 5.74) is 3.81. The monoisotopic (exact) mass is 584 g/mol. The SMILES string of the molecule is COc1cc(C=CC=CC(=O)NCCN2CCC(OC(c3ccccc3)c3ccccc3)CC2)ccc1C(C)OC(=O)O. The summed E-state index contributed by atoms with van der Waals surface area (Å²) in [6.45, 7) is 4.87. The number of carbonyl (C=O) groups excluding carboxylic acids is 1. The first-order valence-electron chi connectivity index (χ1n) is 14.6. The largest absolute Gasteiger partial charge is 0.506 e. The zero-order valence-electron chi connectivity index (χ0n) is 24.7. The smallest absolute Gasteiger partial charge is 0.496 e. The second kappa shape index (κ2) is 16.3. The maximum atomic E-state index is 12.3. The van der Waals surface area contributed by atoms with Crippen LogP contribution >= 0.6 is 0 Å². The normalized spacial score (nSPS) is 15.1. The fourth-order valence-corrected chi connectivity index (χ4v) is 5.15. The summed E-state index contributed by atoms with van der Waals surface area (Å²) < 4.78 is 16.8. The Morgan fingerprint density at radius 1 is 0.977 bits per heavy atom. The van der Waals surface area contributed by atoms with E-state index in [9.17, 15) is 9.59 Å². The summed E-state index contributed by atoms with van der Waals surface area (Å²) in [4.78, 5) is 25.5. The van der Waals surface area contributed by atoms with Crippen LogP contribution < -0.4 is 10.1 Å². The van der Waals surface area contributed by atoms with Gasteiger partial charge in [0.2, 0.25) is 5.91 Å². The van der Waals surface area contributed by atoms with Crippen LogP contribution in [0.4, 0.5) is 4.79 Å². The van der Waals surface area contributed by atoms with Crippen LogP contribution in [0.2, 0.25) is 0 Å². The molecular formula is C35H40N2O6. The van der Waals surface area contributed by atoms with Gasteiger partial charge in [-0.25, -0.2) is 4.79 Å². The van der Waals surface area contributed by atoms with E-state index in [-0.39, 0.29) is 18.1 Å². The van der Waals surface area contributed by atoms with Gasteiger partial charge in [-0.1, -0.05) is 91.0 Å². The number of methoxy groups -OCH3 is 1. The van der Waals surface area contributed by atoms with Crippen LogP contribution in [0.25, 0.3) is 6.08 Å². The molecule has 0 bridgehead atoms. The summed E-state index contributed by atoms with van der Waals surface area (Å²) in [7, 11) is 1.52. The molecule has 0 aromatic heterocycles. The topological polar surface area (TPSA) is 97.3 Å². The van der Waals surface area contributed by atoms with Crippen LogP contribution in [0.5, 0.6) is 5.75 Å². The zero-order chi connectivity index (χ0) is 30.4. The minimum absolute atomic E-state index is 0.0809. The molecule has 8 heteroatoms. The van der Waals surface area contributed by atoms with E-state index < -0.39 is 12.3 Å². The highest BCUT2D eigenvalue weighted by Gasteiger charge is 2.24. The molecule has 3 aromatic carbocycles. The fourth-order valence-electron chi connectivity index (χ4n) is 5.15. The van der Waals surface area contributed by atoms with E-state index in [1.807, 2.05) is 24.3 Å². The first-order chi connectivity index (χ1) is 20.9. The molecule has 1 aliphatic rings. The number of carbonyl (C=O) groups is 2. The van der Waals surface area contributed by atoms with Crippen molar-refractivity contribution < 1.29 is 28.9 Å². The molecule has 0 aliphatic carbocycles. The standard InChI is InChI=1S/C35H40N2O6/c1-26(42-35(39)40)31-18-17-27(25-32(31)41-2)11-9-10-16-33(38)36-21-24-37-22-19-30(20-23-37)43-34(28-12-5-3-6-13-28)29-14-7-4-8-15-29/h3-18,25-26,30,34H,19-24H2,1-2H3,(H,36,38)(H,39,40). The average Bonchev–Trinajstić information content (AvgIpc) is 3.03. The van der Waals surface area contributed by atoms with Crippen molar-refractivity contribution in [3.8, 4) is 5.75 Å². The van der Waals surface area contributed by atoms with Gasteiger partial charge >= 0.3 is 6.16 Å². The number of allylic oxidation sites excluding steroid dienone is 2. The number of carboxylic acid groups (broad SMARTS) is 1. The van der Waals surface area contributed by atoms with E-state index in [4.69, 9.17) is 19.3 Å². The maximum absolute atomic E-state index is 12.3. The Morgan fingerprint density at radius 2 is 1.63 bits per heavy atom. The fraction of sp³-hybridized carbons (Fsp3) is 0.314. The lowest BCUT2D eigenvalue weighted by Crippen LogP contribution is -2.41. The molecule has 1 fully saturated rings. The lowest BCUT2D eigenvalue weighted by Gasteiger charge is -2.34. The summed E-state index contributed by atoms with van der Waals surface area (Å²) in [5, 5.41) is 11.8. The first kappa shape index (κ1) is 31.5. The minimum atomic E-state index is -1.34. The number of piperidine rings is 1. The molecule has 0 radical (unpaired) electrons. The van der Waals surface area contributed by atoms with Gasteiger partial charge in [0.15, 0.2) is 0 Å². The second-order valence-corrected chi connectivity index (χ2v) is 10.4. The molecule has 3 aromatic rings. The first-order valence-corrected chi connectivity index (χ1v) is 14.6. The molecule has 1 saturated heterocycles. The van der Waals surface area contributed by atoms with Crippen LogP contribution in [0.3, 0.4) is 0 Å². The highest BCUT2D eigenvalue weighted by molar-refractivity contribution is 5.87. The maximum Gasteiger partial charge on any atom is 0.506 e. The molecule has 0 spiro atoms. The lowest BCUT2D eigenvalue weighted by atomic mass is 10.00. The number of amides is 1. The van der Waals surface area contributed by atoms with Gasteiger partial charge in [0.1, 0.15) is 18.0 Å². The number of benzene rings is 3. The zero-order valence-corrected chi connectivity index (χ0v) is 24.7. The molecule has 1 heterocycles. The summed E-state index contributed by atoms with van der Waals surface area (Å²) >= 11 is 0. The van der Waals surface area contributed by atoms with Crippen molar-refractivity contribution in [1.82, 2.24) is 10.2 Å². The van der Waals surface area contributed by atoms with Crippen molar-refractivity contribution in [2.75, 3.05) is 33.3 Å². The molecule has 43 heavy (non-hydrogen) atoms. The van der Waals surface area contributed by atoms with E-state index in [0.717, 1.165) is 49.2 Å². The molecule has 2 N–H and O–H groups in total. The minimum Gasteiger partial charge on any atom is -0.496 e.